The third kappa shape index (κ3) is 3.55. The highest BCUT2D eigenvalue weighted by atomic mass is 16.5. The average Bonchev–Trinajstić information content (AvgIpc) is 3.37. The first-order chi connectivity index (χ1) is 15.1. The molecule has 0 saturated heterocycles. The molecule has 0 aliphatic rings. The molecule has 8 heteroatoms. The van der Waals surface area contributed by atoms with Gasteiger partial charge in [-0.15, -0.1) is 0 Å². The summed E-state index contributed by atoms with van der Waals surface area (Å²) in [5.41, 5.74) is 4.11. The van der Waals surface area contributed by atoms with Crippen molar-refractivity contribution in [3.63, 3.8) is 0 Å². The molecular formula is C23H20N6O2. The van der Waals surface area contributed by atoms with Crippen molar-refractivity contribution in [2.75, 3.05) is 12.4 Å². The minimum Gasteiger partial charge on any atom is -0.457 e. The Kier molecular flexibility index (Phi) is 4.51. The van der Waals surface area contributed by atoms with Gasteiger partial charge in [-0.3, -0.25) is 9.78 Å². The molecule has 0 radical (unpaired) electrons. The zero-order valence-electron chi connectivity index (χ0n) is 17.0. The van der Waals surface area contributed by atoms with Gasteiger partial charge in [-0.2, -0.15) is 0 Å². The van der Waals surface area contributed by atoms with Gasteiger partial charge < -0.3 is 24.9 Å². The normalized spacial score (nSPS) is 11.0. The van der Waals surface area contributed by atoms with Gasteiger partial charge in [0.1, 0.15) is 17.2 Å². The second-order valence-electron chi connectivity index (χ2n) is 7.11. The molecular weight excluding hydrogens is 392 g/mol. The summed E-state index contributed by atoms with van der Waals surface area (Å²) in [5.74, 6) is 1.62. The Morgan fingerprint density at radius 2 is 1.94 bits per heavy atom. The molecule has 1 amide bonds. The predicted molar refractivity (Wildman–Crippen MR) is 120 cm³/mol. The summed E-state index contributed by atoms with van der Waals surface area (Å²) in [6.07, 6.45) is 3.47. The van der Waals surface area contributed by atoms with Crippen molar-refractivity contribution in [1.29, 1.82) is 0 Å². The van der Waals surface area contributed by atoms with Crippen molar-refractivity contribution in [2.45, 2.75) is 0 Å². The number of hydrogen-bond donors (Lipinski definition) is 3. The van der Waals surface area contributed by atoms with E-state index in [4.69, 9.17) is 9.72 Å². The molecule has 3 N–H and O–H groups in total. The molecule has 31 heavy (non-hydrogen) atoms. The number of pyridine rings is 1. The molecule has 3 aromatic heterocycles. The minimum absolute atomic E-state index is 0.265. The lowest BCUT2D eigenvalue weighted by atomic mass is 10.2. The Labute approximate surface area is 177 Å². The third-order valence-corrected chi connectivity index (χ3v) is 5.09. The van der Waals surface area contributed by atoms with Crippen LogP contribution in [0.1, 0.15) is 10.5 Å². The van der Waals surface area contributed by atoms with Crippen LogP contribution < -0.4 is 15.4 Å². The summed E-state index contributed by atoms with van der Waals surface area (Å²) >= 11 is 0. The number of H-pyrrole nitrogens is 1. The number of amides is 1. The molecule has 3 heterocycles. The highest BCUT2D eigenvalue weighted by Gasteiger charge is 2.11. The standard InChI is InChI=1S/C23H20N6O2/c1-24-22(30)20-13-17(8-10-26-20)31-16-4-6-21-19(12-16)28-23(29(21)2)27-15-3-5-18-14(11-15)7-9-25-18/h3-13,25H,1-2H3,(H,24,30)(H,27,28). The highest BCUT2D eigenvalue weighted by Crippen LogP contribution is 2.28. The van der Waals surface area contributed by atoms with Crippen molar-refractivity contribution >= 4 is 39.5 Å². The van der Waals surface area contributed by atoms with Crippen LogP contribution in [-0.2, 0) is 7.05 Å². The molecule has 0 atom stereocenters. The van der Waals surface area contributed by atoms with Crippen molar-refractivity contribution in [2.24, 2.45) is 7.05 Å². The number of aryl methyl sites for hydroxylation is 1. The van der Waals surface area contributed by atoms with Gasteiger partial charge in [0.2, 0.25) is 5.95 Å². The van der Waals surface area contributed by atoms with Gasteiger partial charge in [-0.1, -0.05) is 0 Å². The summed E-state index contributed by atoms with van der Waals surface area (Å²) in [7, 11) is 3.53. The number of ether oxygens (including phenoxy) is 1. The van der Waals surface area contributed by atoms with E-state index in [1.807, 2.05) is 54.2 Å². The summed E-state index contributed by atoms with van der Waals surface area (Å²) in [6.45, 7) is 0. The summed E-state index contributed by atoms with van der Waals surface area (Å²) in [5, 5.41) is 7.07. The van der Waals surface area contributed by atoms with Crippen LogP contribution in [-0.4, -0.2) is 32.5 Å². The van der Waals surface area contributed by atoms with Gasteiger partial charge in [0, 0.05) is 55.2 Å². The van der Waals surface area contributed by atoms with Crippen LogP contribution >= 0.6 is 0 Å². The fraction of sp³-hybridized carbons (Fsp3) is 0.0870. The number of aromatic nitrogens is 4. The summed E-state index contributed by atoms with van der Waals surface area (Å²) < 4.78 is 7.93. The first-order valence-corrected chi connectivity index (χ1v) is 9.77. The van der Waals surface area contributed by atoms with E-state index in [1.165, 1.54) is 0 Å². The Morgan fingerprint density at radius 1 is 1.06 bits per heavy atom. The number of rotatable bonds is 5. The van der Waals surface area contributed by atoms with Gasteiger partial charge >= 0.3 is 0 Å². The van der Waals surface area contributed by atoms with Crippen LogP contribution in [0.15, 0.2) is 67.0 Å². The zero-order chi connectivity index (χ0) is 21.4. The van der Waals surface area contributed by atoms with Gasteiger partial charge in [-0.25, -0.2) is 4.98 Å². The maximum Gasteiger partial charge on any atom is 0.269 e. The maximum atomic E-state index is 11.8. The molecule has 0 fully saturated rings. The number of nitrogens with zero attached hydrogens (tertiary/aromatic N) is 3. The van der Waals surface area contributed by atoms with Crippen molar-refractivity contribution in [3.8, 4) is 11.5 Å². The van der Waals surface area contributed by atoms with Crippen LogP contribution in [0, 0.1) is 0 Å². The molecule has 0 saturated carbocycles. The third-order valence-electron chi connectivity index (χ3n) is 5.09. The van der Waals surface area contributed by atoms with E-state index in [-0.39, 0.29) is 5.91 Å². The first kappa shape index (κ1) is 18.7. The maximum absolute atomic E-state index is 11.8. The minimum atomic E-state index is -0.265. The van der Waals surface area contributed by atoms with Crippen LogP contribution in [0.5, 0.6) is 11.5 Å². The fourth-order valence-electron chi connectivity index (χ4n) is 3.48. The number of nitrogens with one attached hydrogen (secondary N) is 3. The number of carbonyl (C=O) groups is 1. The number of benzene rings is 2. The van der Waals surface area contributed by atoms with Crippen molar-refractivity contribution in [1.82, 2.24) is 24.8 Å². The number of imidazole rings is 1. The number of aromatic amines is 1. The Morgan fingerprint density at radius 3 is 2.81 bits per heavy atom. The summed E-state index contributed by atoms with van der Waals surface area (Å²) in [6, 6.07) is 17.2. The molecule has 8 nitrogen and oxygen atoms in total. The van der Waals surface area contributed by atoms with Crippen LogP contribution in [0.4, 0.5) is 11.6 Å². The van der Waals surface area contributed by atoms with Crippen molar-refractivity contribution < 1.29 is 9.53 Å². The highest BCUT2D eigenvalue weighted by molar-refractivity contribution is 5.92. The Hall–Kier alpha value is -4.33. The number of carbonyl (C=O) groups excluding carboxylic acids is 1. The van der Waals surface area contributed by atoms with Crippen LogP contribution in [0.25, 0.3) is 21.9 Å². The fourth-order valence-corrected chi connectivity index (χ4v) is 3.48. The number of anilines is 2. The topological polar surface area (TPSA) is 96.9 Å². The molecule has 5 rings (SSSR count). The van der Waals surface area contributed by atoms with Crippen LogP contribution in [0.3, 0.4) is 0 Å². The lowest BCUT2D eigenvalue weighted by Gasteiger charge is -2.07. The molecule has 0 unspecified atom stereocenters. The Bertz CT molecular complexity index is 1420. The average molecular weight is 412 g/mol. The second kappa shape index (κ2) is 7.49. The molecule has 154 valence electrons. The SMILES string of the molecule is CNC(=O)c1cc(Oc2ccc3c(c2)nc(Nc2ccc4[nH]ccc4c2)n3C)ccn1. The molecule has 0 bridgehead atoms. The molecule has 0 aliphatic heterocycles. The van der Waals surface area contributed by atoms with E-state index >= 15 is 0 Å². The van der Waals surface area contributed by atoms with Gasteiger partial charge in [0.25, 0.3) is 5.91 Å². The monoisotopic (exact) mass is 412 g/mol. The van der Waals surface area contributed by atoms with Gasteiger partial charge in [-0.05, 0) is 42.5 Å². The summed E-state index contributed by atoms with van der Waals surface area (Å²) in [4.78, 5) is 23.8. The van der Waals surface area contributed by atoms with Gasteiger partial charge in [0.15, 0.2) is 0 Å². The molecule has 5 aromatic rings. The smallest absolute Gasteiger partial charge is 0.269 e. The van der Waals surface area contributed by atoms with Gasteiger partial charge in [0.05, 0.1) is 11.0 Å². The Balaban J connectivity index is 1.42. The zero-order valence-corrected chi connectivity index (χ0v) is 17.0. The van der Waals surface area contributed by atoms with Crippen molar-refractivity contribution in [3.05, 3.63) is 72.7 Å². The van der Waals surface area contributed by atoms with E-state index in [0.717, 1.165) is 33.6 Å². The van der Waals surface area contributed by atoms with E-state index in [0.29, 0.717) is 17.2 Å². The van der Waals surface area contributed by atoms with E-state index in [1.54, 1.807) is 25.4 Å². The largest absolute Gasteiger partial charge is 0.457 e. The first-order valence-electron chi connectivity index (χ1n) is 9.77. The quantitative estimate of drug-likeness (QED) is 0.399. The van der Waals surface area contributed by atoms with Crippen LogP contribution in [0.2, 0.25) is 0 Å². The van der Waals surface area contributed by atoms with E-state index in [9.17, 15) is 4.79 Å². The lowest BCUT2D eigenvalue weighted by molar-refractivity contribution is 0.0958. The molecule has 0 spiro atoms. The molecule has 2 aromatic carbocycles. The number of fused-ring (bicyclic) bond motifs is 2. The number of hydrogen-bond acceptors (Lipinski definition) is 5. The lowest BCUT2D eigenvalue weighted by Crippen LogP contribution is -2.18. The molecule has 0 aliphatic carbocycles. The second-order valence-corrected chi connectivity index (χ2v) is 7.11. The predicted octanol–water partition coefficient (Wildman–Crippen LogP) is 4.35. The van der Waals surface area contributed by atoms with E-state index < -0.39 is 0 Å². The van der Waals surface area contributed by atoms with E-state index in [2.05, 4.69) is 26.7 Å².